The number of carbonyl (C=O) groups excluding carboxylic acids is 2. The van der Waals surface area contributed by atoms with Crippen molar-refractivity contribution in [3.05, 3.63) is 29.3 Å². The van der Waals surface area contributed by atoms with Crippen LogP contribution in [0.1, 0.15) is 62.4 Å². The van der Waals surface area contributed by atoms with Crippen LogP contribution in [0.2, 0.25) is 0 Å². The number of hydrogen-bond donors (Lipinski definition) is 1. The molecular formula is C18H23NO2. The highest BCUT2D eigenvalue weighted by molar-refractivity contribution is 6.07. The fourth-order valence-electron chi connectivity index (χ4n) is 3.48. The van der Waals surface area contributed by atoms with Gasteiger partial charge in [-0.1, -0.05) is 19.8 Å². The van der Waals surface area contributed by atoms with E-state index in [9.17, 15) is 9.59 Å². The molecule has 0 saturated heterocycles. The van der Waals surface area contributed by atoms with Gasteiger partial charge < -0.3 is 5.32 Å². The van der Waals surface area contributed by atoms with Crippen molar-refractivity contribution in [1.29, 1.82) is 0 Å². The normalized spacial score (nSPS) is 27.1. The van der Waals surface area contributed by atoms with Crippen molar-refractivity contribution in [1.82, 2.24) is 0 Å². The van der Waals surface area contributed by atoms with Gasteiger partial charge in [0.1, 0.15) is 0 Å². The van der Waals surface area contributed by atoms with Gasteiger partial charge in [-0.3, -0.25) is 9.59 Å². The van der Waals surface area contributed by atoms with E-state index in [1.165, 1.54) is 0 Å². The van der Waals surface area contributed by atoms with Crippen LogP contribution in [-0.2, 0) is 10.2 Å². The van der Waals surface area contributed by atoms with Crippen LogP contribution in [-0.4, -0.2) is 11.7 Å². The summed E-state index contributed by atoms with van der Waals surface area (Å²) in [6.07, 6.45) is 4.29. The molecule has 0 bridgehead atoms. The number of nitrogens with one attached hydrogen (secondary N) is 1. The van der Waals surface area contributed by atoms with Crippen molar-refractivity contribution in [3.63, 3.8) is 0 Å². The minimum absolute atomic E-state index is 0.00795. The lowest BCUT2D eigenvalue weighted by Crippen LogP contribution is -2.27. The Kier molecular flexibility index (Phi) is 3.39. The topological polar surface area (TPSA) is 46.2 Å². The van der Waals surface area contributed by atoms with Crippen LogP contribution in [0.5, 0.6) is 0 Å². The monoisotopic (exact) mass is 285 g/mol. The summed E-state index contributed by atoms with van der Waals surface area (Å²) in [5, 5.41) is 2.89. The summed E-state index contributed by atoms with van der Waals surface area (Å²) in [5.41, 5.74) is 2.01. The minimum Gasteiger partial charge on any atom is -0.325 e. The molecule has 1 aliphatic carbocycles. The number of ketones is 1. The first-order valence-electron chi connectivity index (χ1n) is 7.90. The van der Waals surface area contributed by atoms with E-state index >= 15 is 0 Å². The molecule has 0 unspecified atom stereocenters. The largest absolute Gasteiger partial charge is 0.325 e. The van der Waals surface area contributed by atoms with Crippen LogP contribution in [0.15, 0.2) is 18.2 Å². The van der Waals surface area contributed by atoms with Gasteiger partial charge in [0, 0.05) is 17.2 Å². The molecule has 0 atom stereocenters. The Morgan fingerprint density at radius 3 is 2.52 bits per heavy atom. The molecule has 0 aromatic heterocycles. The third kappa shape index (κ3) is 2.39. The number of Topliss-reactive ketones (excluding diaryl/α,β-unsaturated/α-hetero) is 1. The molecule has 3 rings (SSSR count). The second kappa shape index (κ2) is 4.97. The van der Waals surface area contributed by atoms with Crippen LogP contribution in [0.4, 0.5) is 5.69 Å². The molecule has 1 amide bonds. The summed E-state index contributed by atoms with van der Waals surface area (Å²) in [6.45, 7) is 6.07. The Balaban J connectivity index is 1.86. The standard InChI is InChI=1S/C18H23NO2/c1-11-4-6-12(7-5-11)16(20)13-8-9-15-14(10-13)18(2,3)17(21)19-15/h8-12H,4-7H2,1-3H3,(H,19,21). The predicted molar refractivity (Wildman–Crippen MR) is 83.6 cm³/mol. The van der Waals surface area contributed by atoms with E-state index in [2.05, 4.69) is 12.2 Å². The van der Waals surface area contributed by atoms with Crippen LogP contribution in [0.3, 0.4) is 0 Å². The SMILES string of the molecule is CC1CCC(C(=O)c2ccc3c(c2)C(C)(C)C(=O)N3)CC1. The molecule has 3 heteroatoms. The zero-order valence-corrected chi connectivity index (χ0v) is 13.0. The number of rotatable bonds is 2. The Morgan fingerprint density at radius 1 is 1.19 bits per heavy atom. The van der Waals surface area contributed by atoms with E-state index < -0.39 is 5.41 Å². The average Bonchev–Trinajstić information content (AvgIpc) is 2.69. The van der Waals surface area contributed by atoms with Crippen molar-refractivity contribution in [3.8, 4) is 0 Å². The van der Waals surface area contributed by atoms with Gasteiger partial charge in [-0.25, -0.2) is 0 Å². The smallest absolute Gasteiger partial charge is 0.234 e. The second-order valence-corrected chi connectivity index (χ2v) is 7.16. The number of benzene rings is 1. The maximum atomic E-state index is 12.7. The van der Waals surface area contributed by atoms with E-state index in [-0.39, 0.29) is 17.6 Å². The Labute approximate surface area is 126 Å². The molecule has 1 saturated carbocycles. The quantitative estimate of drug-likeness (QED) is 0.837. The number of anilines is 1. The summed E-state index contributed by atoms with van der Waals surface area (Å²) in [6, 6.07) is 5.66. The maximum absolute atomic E-state index is 12.7. The molecule has 1 aromatic rings. The molecule has 1 N–H and O–H groups in total. The molecule has 1 heterocycles. The first kappa shape index (κ1) is 14.3. The lowest BCUT2D eigenvalue weighted by molar-refractivity contribution is -0.119. The molecule has 21 heavy (non-hydrogen) atoms. The highest BCUT2D eigenvalue weighted by Crippen LogP contribution is 2.39. The second-order valence-electron chi connectivity index (χ2n) is 7.16. The molecular weight excluding hydrogens is 262 g/mol. The third-order valence-corrected chi connectivity index (χ3v) is 5.18. The van der Waals surface area contributed by atoms with E-state index in [0.717, 1.165) is 48.4 Å². The summed E-state index contributed by atoms with van der Waals surface area (Å²) in [7, 11) is 0. The fraction of sp³-hybridized carbons (Fsp3) is 0.556. The number of fused-ring (bicyclic) bond motifs is 1. The molecule has 1 fully saturated rings. The molecule has 112 valence electrons. The number of carbonyl (C=O) groups is 2. The van der Waals surface area contributed by atoms with Crippen molar-refractivity contribution >= 4 is 17.4 Å². The number of hydrogen-bond acceptors (Lipinski definition) is 2. The predicted octanol–water partition coefficient (Wildman–Crippen LogP) is 3.93. The first-order chi connectivity index (χ1) is 9.89. The van der Waals surface area contributed by atoms with Crippen molar-refractivity contribution in [2.45, 2.75) is 51.9 Å². The fourth-order valence-corrected chi connectivity index (χ4v) is 3.48. The van der Waals surface area contributed by atoms with Crippen LogP contribution >= 0.6 is 0 Å². The highest BCUT2D eigenvalue weighted by Gasteiger charge is 2.39. The lowest BCUT2D eigenvalue weighted by Gasteiger charge is -2.25. The summed E-state index contributed by atoms with van der Waals surface area (Å²) in [5.74, 6) is 1.16. The Morgan fingerprint density at radius 2 is 1.86 bits per heavy atom. The summed E-state index contributed by atoms with van der Waals surface area (Å²) < 4.78 is 0. The van der Waals surface area contributed by atoms with Crippen molar-refractivity contribution < 1.29 is 9.59 Å². The van der Waals surface area contributed by atoms with Crippen LogP contribution in [0, 0.1) is 11.8 Å². The van der Waals surface area contributed by atoms with Gasteiger partial charge in [0.2, 0.25) is 5.91 Å². The number of amides is 1. The minimum atomic E-state index is -0.549. The van der Waals surface area contributed by atoms with Crippen molar-refractivity contribution in [2.75, 3.05) is 5.32 Å². The van der Waals surface area contributed by atoms with Gasteiger partial charge >= 0.3 is 0 Å². The zero-order valence-electron chi connectivity index (χ0n) is 13.0. The van der Waals surface area contributed by atoms with E-state index in [1.807, 2.05) is 32.0 Å². The Hall–Kier alpha value is -1.64. The third-order valence-electron chi connectivity index (χ3n) is 5.18. The molecule has 1 aromatic carbocycles. The molecule has 0 spiro atoms. The highest BCUT2D eigenvalue weighted by atomic mass is 16.2. The Bertz CT molecular complexity index is 595. The van der Waals surface area contributed by atoms with Gasteiger partial charge in [-0.2, -0.15) is 0 Å². The van der Waals surface area contributed by atoms with Gasteiger partial charge in [-0.15, -0.1) is 0 Å². The summed E-state index contributed by atoms with van der Waals surface area (Å²) >= 11 is 0. The van der Waals surface area contributed by atoms with Crippen LogP contribution in [0.25, 0.3) is 0 Å². The van der Waals surface area contributed by atoms with E-state index in [4.69, 9.17) is 0 Å². The van der Waals surface area contributed by atoms with E-state index in [0.29, 0.717) is 0 Å². The van der Waals surface area contributed by atoms with Gasteiger partial charge in [-0.05, 0) is 56.4 Å². The van der Waals surface area contributed by atoms with Crippen LogP contribution < -0.4 is 5.32 Å². The summed E-state index contributed by atoms with van der Waals surface area (Å²) in [4.78, 5) is 24.7. The van der Waals surface area contributed by atoms with Gasteiger partial charge in [0.05, 0.1) is 5.41 Å². The lowest BCUT2D eigenvalue weighted by atomic mass is 9.78. The molecule has 1 aliphatic heterocycles. The molecule has 0 radical (unpaired) electrons. The maximum Gasteiger partial charge on any atom is 0.234 e. The molecule has 2 aliphatic rings. The van der Waals surface area contributed by atoms with Gasteiger partial charge in [0.25, 0.3) is 0 Å². The molecule has 3 nitrogen and oxygen atoms in total. The zero-order chi connectivity index (χ0) is 15.2. The first-order valence-corrected chi connectivity index (χ1v) is 7.90. The van der Waals surface area contributed by atoms with E-state index in [1.54, 1.807) is 0 Å². The average molecular weight is 285 g/mol. The van der Waals surface area contributed by atoms with Gasteiger partial charge in [0.15, 0.2) is 5.78 Å². The van der Waals surface area contributed by atoms with Crippen molar-refractivity contribution in [2.24, 2.45) is 11.8 Å².